The molecule has 8 aromatic rings. The van der Waals surface area contributed by atoms with Crippen LogP contribution in [0.4, 0.5) is 0 Å². The molecule has 8 rings (SSSR count). The third-order valence-corrected chi connectivity index (χ3v) is 6.46. The van der Waals surface area contributed by atoms with Crippen LogP contribution in [-0.4, -0.2) is 0 Å². The highest BCUT2D eigenvalue weighted by Crippen LogP contribution is 2.48. The Labute approximate surface area is 225 Å². The lowest BCUT2D eigenvalue weighted by Gasteiger charge is -2.18. The maximum absolute atomic E-state index is 9.24. The maximum Gasteiger partial charge on any atom is 0.147 e. The number of fused-ring (bicyclic) bond motifs is 6. The van der Waals surface area contributed by atoms with E-state index in [9.17, 15) is 2.74 Å². The average Bonchev–Trinajstić information content (AvgIpc) is 3.72. The van der Waals surface area contributed by atoms with E-state index in [2.05, 4.69) is 0 Å². The Morgan fingerprint density at radius 1 is 0.528 bits per heavy atom. The molecule has 0 fully saturated rings. The molecule has 0 bridgehead atoms. The number of para-hydroxylation sites is 1. The first-order chi connectivity index (χ1) is 23.3. The van der Waals surface area contributed by atoms with Crippen LogP contribution in [0.2, 0.25) is 0 Å². The van der Waals surface area contributed by atoms with Crippen LogP contribution in [0.15, 0.2) is 130 Å². The molecule has 0 atom stereocenters. The highest BCUT2D eigenvalue weighted by Gasteiger charge is 2.23. The van der Waals surface area contributed by atoms with E-state index >= 15 is 0 Å². The summed E-state index contributed by atoms with van der Waals surface area (Å²) in [6, 6.07) is 1.99. The van der Waals surface area contributed by atoms with Crippen molar-refractivity contribution < 1.29 is 26.7 Å². The highest BCUT2D eigenvalue weighted by atomic mass is 16.3. The Balaban J connectivity index is 1.80. The molecule has 2 nitrogen and oxygen atoms in total. The standard InChI is InChI=1S/C34H20O2/c1-2-10-21(11-3-1)30-24-13-4-6-15-26(24)31(27-16-7-5-14-25(27)30)32-33-22(18-19-35-33)20-28-23-12-8-9-17-29(23)36-34(28)32/h1-20H/i1D,2D,3D,4D,5D,6D,7D,10D,11D,13D,14D,15D,16D. The van der Waals surface area contributed by atoms with Crippen molar-refractivity contribution in [3.05, 3.63) is 121 Å². The molecule has 2 heteroatoms. The molecule has 2 heterocycles. The van der Waals surface area contributed by atoms with E-state index in [4.69, 9.17) is 23.9 Å². The molecule has 0 aliphatic rings. The largest absolute Gasteiger partial charge is 0.464 e. The predicted molar refractivity (Wildman–Crippen MR) is 149 cm³/mol. The van der Waals surface area contributed by atoms with Gasteiger partial charge in [0.25, 0.3) is 0 Å². The van der Waals surface area contributed by atoms with Crippen LogP contribution in [0.5, 0.6) is 0 Å². The number of rotatable bonds is 2. The highest BCUT2D eigenvalue weighted by molar-refractivity contribution is 6.27. The minimum atomic E-state index is -0.729. The Morgan fingerprint density at radius 3 is 1.89 bits per heavy atom. The van der Waals surface area contributed by atoms with Gasteiger partial charge in [-0.15, -0.1) is 0 Å². The lowest BCUT2D eigenvalue weighted by Crippen LogP contribution is -1.91. The number of hydrogen-bond donors (Lipinski definition) is 0. The van der Waals surface area contributed by atoms with Crippen molar-refractivity contribution in [2.75, 3.05) is 0 Å². The van der Waals surface area contributed by atoms with Crippen LogP contribution in [0.1, 0.15) is 17.8 Å². The zero-order valence-corrected chi connectivity index (χ0v) is 18.4. The van der Waals surface area contributed by atoms with Crippen molar-refractivity contribution in [1.82, 2.24) is 0 Å². The quantitative estimate of drug-likeness (QED) is 0.233. The topological polar surface area (TPSA) is 26.3 Å². The van der Waals surface area contributed by atoms with Gasteiger partial charge in [-0.2, -0.15) is 0 Å². The molecule has 2 aromatic heterocycles. The van der Waals surface area contributed by atoms with E-state index in [1.807, 2.05) is 18.2 Å². The average molecular weight is 474 g/mol. The summed E-state index contributed by atoms with van der Waals surface area (Å²) < 4.78 is 127. The van der Waals surface area contributed by atoms with Crippen molar-refractivity contribution in [1.29, 1.82) is 0 Å². The van der Waals surface area contributed by atoms with Crippen molar-refractivity contribution >= 4 is 54.5 Å². The second-order valence-corrected chi connectivity index (χ2v) is 8.32. The summed E-state index contributed by atoms with van der Waals surface area (Å²) in [4.78, 5) is 0. The fourth-order valence-electron chi connectivity index (χ4n) is 5.02. The van der Waals surface area contributed by atoms with Crippen molar-refractivity contribution in [2.24, 2.45) is 0 Å². The van der Waals surface area contributed by atoms with Gasteiger partial charge in [0, 0.05) is 21.7 Å². The van der Waals surface area contributed by atoms with Crippen molar-refractivity contribution in [3.8, 4) is 22.3 Å². The van der Waals surface area contributed by atoms with Gasteiger partial charge in [-0.3, -0.25) is 0 Å². The first-order valence-electron chi connectivity index (χ1n) is 17.6. The van der Waals surface area contributed by atoms with Crippen LogP contribution >= 0.6 is 0 Å². The normalized spacial score (nSPS) is 16.9. The molecule has 0 aliphatic carbocycles. The summed E-state index contributed by atoms with van der Waals surface area (Å²) in [5.74, 6) is 0. The van der Waals surface area contributed by atoms with E-state index < -0.39 is 84.1 Å². The van der Waals surface area contributed by atoms with Crippen LogP contribution in [0.25, 0.3) is 76.7 Å². The summed E-state index contributed by atoms with van der Waals surface area (Å²) in [5.41, 5.74) is 0.201. The number of hydrogen-bond acceptors (Lipinski definition) is 2. The van der Waals surface area contributed by atoms with E-state index in [1.165, 1.54) is 6.26 Å². The minimum Gasteiger partial charge on any atom is -0.464 e. The van der Waals surface area contributed by atoms with Gasteiger partial charge < -0.3 is 8.83 Å². The van der Waals surface area contributed by atoms with Crippen molar-refractivity contribution in [3.63, 3.8) is 0 Å². The Hall–Kier alpha value is -4.82. The van der Waals surface area contributed by atoms with Crippen LogP contribution in [0, 0.1) is 0 Å². The smallest absolute Gasteiger partial charge is 0.147 e. The van der Waals surface area contributed by atoms with E-state index in [1.54, 1.807) is 18.2 Å². The maximum atomic E-state index is 9.24. The van der Waals surface area contributed by atoms with Gasteiger partial charge in [0.1, 0.15) is 16.7 Å². The fourth-order valence-corrected chi connectivity index (χ4v) is 5.02. The van der Waals surface area contributed by atoms with E-state index in [-0.39, 0.29) is 49.4 Å². The molecule has 168 valence electrons. The molecular formula is C34H20O2. The second-order valence-electron chi connectivity index (χ2n) is 8.32. The third kappa shape index (κ3) is 2.61. The van der Waals surface area contributed by atoms with Crippen LogP contribution < -0.4 is 0 Å². The van der Waals surface area contributed by atoms with Gasteiger partial charge in [-0.1, -0.05) is 96.8 Å². The monoisotopic (exact) mass is 473 g/mol. The van der Waals surface area contributed by atoms with Gasteiger partial charge in [0.15, 0.2) is 0 Å². The number of furan rings is 2. The summed E-state index contributed by atoms with van der Waals surface area (Å²) in [6.45, 7) is 0. The van der Waals surface area contributed by atoms with Crippen molar-refractivity contribution in [2.45, 2.75) is 0 Å². The molecule has 0 aliphatic heterocycles. The number of benzene rings is 6. The first kappa shape index (κ1) is 10.8. The van der Waals surface area contributed by atoms with Crippen LogP contribution in [-0.2, 0) is 0 Å². The predicted octanol–water partition coefficient (Wildman–Crippen LogP) is 9.97. The van der Waals surface area contributed by atoms with Gasteiger partial charge in [0.2, 0.25) is 0 Å². The summed E-state index contributed by atoms with van der Waals surface area (Å²) in [7, 11) is 0. The summed E-state index contributed by atoms with van der Waals surface area (Å²) >= 11 is 0. The second kappa shape index (κ2) is 7.34. The Morgan fingerprint density at radius 2 is 1.17 bits per heavy atom. The lowest BCUT2D eigenvalue weighted by molar-refractivity contribution is 0.615. The first-order valence-corrected chi connectivity index (χ1v) is 11.1. The molecular weight excluding hydrogens is 440 g/mol. The molecule has 0 unspecified atom stereocenters. The molecule has 0 saturated heterocycles. The Kier molecular flexibility index (Phi) is 2.21. The molecule has 6 aromatic carbocycles. The van der Waals surface area contributed by atoms with Gasteiger partial charge in [-0.25, -0.2) is 0 Å². The van der Waals surface area contributed by atoms with E-state index in [0.717, 1.165) is 5.39 Å². The van der Waals surface area contributed by atoms with Gasteiger partial charge >= 0.3 is 0 Å². The molecule has 0 saturated carbocycles. The van der Waals surface area contributed by atoms with Gasteiger partial charge in [0.05, 0.1) is 29.6 Å². The molecule has 36 heavy (non-hydrogen) atoms. The minimum absolute atomic E-state index is 0.0512. The summed E-state index contributed by atoms with van der Waals surface area (Å²) in [6.07, 6.45) is 1.42. The zero-order chi connectivity index (χ0) is 35.0. The Bertz CT molecular complexity index is 2710. The SMILES string of the molecule is [2H]c1c([2H])c([2H])c(-c2c3c([2H])c([2H])c([2H])c([2H])c3c(-c3c4occc4cc4c3oc3ccccc34)c3c([2H])c([2H])c([2H])c([2H])c23)c([2H])c1[2H]. The molecule has 0 radical (unpaired) electrons. The lowest BCUT2D eigenvalue weighted by atomic mass is 9.85. The van der Waals surface area contributed by atoms with E-state index in [0.29, 0.717) is 16.4 Å². The van der Waals surface area contributed by atoms with Crippen LogP contribution in [0.3, 0.4) is 0 Å². The molecule has 0 amide bonds. The molecule has 0 N–H and O–H groups in total. The summed E-state index contributed by atoms with van der Waals surface area (Å²) in [5, 5.41) is 0.876. The zero-order valence-electron chi connectivity index (χ0n) is 31.4. The van der Waals surface area contributed by atoms with Gasteiger partial charge in [-0.05, 0) is 50.9 Å². The molecule has 0 spiro atoms. The third-order valence-electron chi connectivity index (χ3n) is 6.46. The fraction of sp³-hybridized carbons (Fsp3) is 0.